The number of nitrogens with zero attached hydrogens (tertiary/aromatic N) is 2. The Labute approximate surface area is 121 Å². The molecule has 0 radical (unpaired) electrons. The number of aliphatic hydroxyl groups excluding tert-OH is 1. The van der Waals surface area contributed by atoms with E-state index in [2.05, 4.69) is 15.3 Å². The highest BCUT2D eigenvalue weighted by Gasteiger charge is 2.12. The fourth-order valence-electron chi connectivity index (χ4n) is 2.10. The Bertz CT molecular complexity index is 763. The number of aliphatic hydroxyl groups is 1. The van der Waals surface area contributed by atoms with Crippen molar-refractivity contribution in [1.29, 1.82) is 0 Å². The Hall–Kier alpha value is -2.53. The Morgan fingerprint density at radius 1 is 1.05 bits per heavy atom. The lowest BCUT2D eigenvalue weighted by Gasteiger charge is -2.13. The van der Waals surface area contributed by atoms with E-state index in [1.54, 1.807) is 24.4 Å². The molecule has 1 atom stereocenters. The first-order valence-electron chi connectivity index (χ1n) is 6.62. The fourth-order valence-corrected chi connectivity index (χ4v) is 2.10. The maximum absolute atomic E-state index is 13.6. The number of aromatic nitrogens is 2. The van der Waals surface area contributed by atoms with Crippen LogP contribution in [0.4, 0.5) is 10.2 Å². The van der Waals surface area contributed by atoms with E-state index in [4.69, 9.17) is 0 Å². The highest BCUT2D eigenvalue weighted by Crippen LogP contribution is 2.17. The SMILES string of the molecule is OC(CNc1cnc2ccccc2n1)c1ccccc1F. The standard InChI is InChI=1S/C16H14FN3O/c17-12-6-2-1-5-11(12)15(21)9-19-16-10-18-13-7-3-4-8-14(13)20-16/h1-8,10,15,21H,9H2,(H,19,20). The Morgan fingerprint density at radius 2 is 1.76 bits per heavy atom. The zero-order chi connectivity index (χ0) is 14.7. The molecule has 5 heteroatoms. The average molecular weight is 283 g/mol. The van der Waals surface area contributed by atoms with Gasteiger partial charge in [-0.2, -0.15) is 0 Å². The first-order chi connectivity index (χ1) is 10.2. The molecule has 0 saturated heterocycles. The molecule has 0 aliphatic heterocycles. The maximum atomic E-state index is 13.6. The van der Waals surface area contributed by atoms with Gasteiger partial charge in [-0.05, 0) is 18.2 Å². The van der Waals surface area contributed by atoms with Gasteiger partial charge in [-0.25, -0.2) is 9.37 Å². The summed E-state index contributed by atoms with van der Waals surface area (Å²) in [5.74, 6) is 0.125. The number of hydrogen-bond acceptors (Lipinski definition) is 4. The number of nitrogens with one attached hydrogen (secondary N) is 1. The highest BCUT2D eigenvalue weighted by atomic mass is 19.1. The molecule has 106 valence electrons. The third-order valence-electron chi connectivity index (χ3n) is 3.19. The van der Waals surface area contributed by atoms with Gasteiger partial charge >= 0.3 is 0 Å². The van der Waals surface area contributed by atoms with Gasteiger partial charge in [0.2, 0.25) is 0 Å². The quantitative estimate of drug-likeness (QED) is 0.773. The largest absolute Gasteiger partial charge is 0.386 e. The second-order valence-corrected chi connectivity index (χ2v) is 4.66. The van der Waals surface area contributed by atoms with E-state index in [0.29, 0.717) is 5.82 Å². The third-order valence-corrected chi connectivity index (χ3v) is 3.19. The summed E-state index contributed by atoms with van der Waals surface area (Å²) in [5, 5.41) is 13.0. The van der Waals surface area contributed by atoms with Crippen molar-refractivity contribution >= 4 is 16.9 Å². The topological polar surface area (TPSA) is 58.0 Å². The molecule has 1 aromatic heterocycles. The van der Waals surface area contributed by atoms with Gasteiger partial charge in [-0.3, -0.25) is 4.98 Å². The Balaban J connectivity index is 1.73. The molecule has 3 aromatic rings. The molecular weight excluding hydrogens is 269 g/mol. The summed E-state index contributed by atoms with van der Waals surface area (Å²) in [4.78, 5) is 8.65. The van der Waals surface area contributed by atoms with Crippen molar-refractivity contribution in [2.45, 2.75) is 6.10 Å². The lowest BCUT2D eigenvalue weighted by atomic mass is 10.1. The smallest absolute Gasteiger partial charge is 0.145 e. The Kier molecular flexibility index (Phi) is 3.75. The van der Waals surface area contributed by atoms with Crippen molar-refractivity contribution in [2.24, 2.45) is 0 Å². The van der Waals surface area contributed by atoms with Crippen molar-refractivity contribution < 1.29 is 9.50 Å². The molecule has 2 N–H and O–H groups in total. The van der Waals surface area contributed by atoms with Crippen LogP contribution in [0, 0.1) is 5.82 Å². The van der Waals surface area contributed by atoms with Crippen LogP contribution >= 0.6 is 0 Å². The summed E-state index contributed by atoms with van der Waals surface area (Å²) in [6, 6.07) is 13.7. The number of hydrogen-bond donors (Lipinski definition) is 2. The number of halogens is 1. The molecule has 3 rings (SSSR count). The van der Waals surface area contributed by atoms with Crippen LogP contribution in [0.3, 0.4) is 0 Å². The summed E-state index contributed by atoms with van der Waals surface area (Å²) in [5.41, 5.74) is 1.83. The first kappa shape index (κ1) is 13.5. The highest BCUT2D eigenvalue weighted by molar-refractivity contribution is 5.75. The van der Waals surface area contributed by atoms with E-state index in [0.717, 1.165) is 11.0 Å². The molecule has 0 amide bonds. The van der Waals surface area contributed by atoms with Crippen molar-refractivity contribution in [2.75, 3.05) is 11.9 Å². The molecule has 4 nitrogen and oxygen atoms in total. The number of benzene rings is 2. The lowest BCUT2D eigenvalue weighted by Crippen LogP contribution is -2.14. The third kappa shape index (κ3) is 2.98. The lowest BCUT2D eigenvalue weighted by molar-refractivity contribution is 0.186. The monoisotopic (exact) mass is 283 g/mol. The second-order valence-electron chi connectivity index (χ2n) is 4.66. The van der Waals surface area contributed by atoms with Crippen molar-refractivity contribution in [3.8, 4) is 0 Å². The average Bonchev–Trinajstić information content (AvgIpc) is 2.53. The minimum Gasteiger partial charge on any atom is -0.386 e. The summed E-state index contributed by atoms with van der Waals surface area (Å²) >= 11 is 0. The molecule has 2 aromatic carbocycles. The zero-order valence-corrected chi connectivity index (χ0v) is 11.2. The van der Waals surface area contributed by atoms with Crippen LogP contribution in [0.25, 0.3) is 11.0 Å². The van der Waals surface area contributed by atoms with Gasteiger partial charge in [0, 0.05) is 12.1 Å². The van der Waals surface area contributed by atoms with Gasteiger partial charge < -0.3 is 10.4 Å². The van der Waals surface area contributed by atoms with Crippen LogP contribution in [0.2, 0.25) is 0 Å². The van der Waals surface area contributed by atoms with Gasteiger partial charge in [0.25, 0.3) is 0 Å². The zero-order valence-electron chi connectivity index (χ0n) is 11.2. The number of anilines is 1. The summed E-state index contributed by atoms with van der Waals surface area (Å²) in [6.07, 6.45) is 0.649. The van der Waals surface area contributed by atoms with Gasteiger partial charge in [0.15, 0.2) is 0 Å². The molecule has 0 aliphatic carbocycles. The minimum atomic E-state index is -0.945. The molecule has 21 heavy (non-hydrogen) atoms. The fraction of sp³-hybridized carbons (Fsp3) is 0.125. The van der Waals surface area contributed by atoms with Gasteiger partial charge in [0.1, 0.15) is 11.6 Å². The molecular formula is C16H14FN3O. The van der Waals surface area contributed by atoms with Gasteiger partial charge in [0.05, 0.1) is 23.3 Å². The van der Waals surface area contributed by atoms with Crippen LogP contribution in [0.1, 0.15) is 11.7 Å². The van der Waals surface area contributed by atoms with E-state index < -0.39 is 11.9 Å². The summed E-state index contributed by atoms with van der Waals surface area (Å²) < 4.78 is 13.6. The van der Waals surface area contributed by atoms with Crippen molar-refractivity contribution in [3.05, 3.63) is 66.1 Å². The first-order valence-corrected chi connectivity index (χ1v) is 6.62. The van der Waals surface area contributed by atoms with Crippen LogP contribution in [-0.2, 0) is 0 Å². The van der Waals surface area contributed by atoms with E-state index in [1.165, 1.54) is 6.07 Å². The number of fused-ring (bicyclic) bond motifs is 1. The number of para-hydroxylation sites is 2. The van der Waals surface area contributed by atoms with Gasteiger partial charge in [-0.15, -0.1) is 0 Å². The van der Waals surface area contributed by atoms with Crippen molar-refractivity contribution in [3.63, 3.8) is 0 Å². The molecule has 0 aliphatic rings. The second kappa shape index (κ2) is 5.85. The number of rotatable bonds is 4. The van der Waals surface area contributed by atoms with Gasteiger partial charge in [-0.1, -0.05) is 30.3 Å². The Morgan fingerprint density at radius 3 is 2.57 bits per heavy atom. The predicted molar refractivity (Wildman–Crippen MR) is 79.4 cm³/mol. The van der Waals surface area contributed by atoms with Crippen LogP contribution in [0.5, 0.6) is 0 Å². The van der Waals surface area contributed by atoms with E-state index in [9.17, 15) is 9.50 Å². The van der Waals surface area contributed by atoms with Crippen LogP contribution < -0.4 is 5.32 Å². The molecule has 1 unspecified atom stereocenters. The molecule has 1 heterocycles. The van der Waals surface area contributed by atoms with Crippen molar-refractivity contribution in [1.82, 2.24) is 9.97 Å². The van der Waals surface area contributed by atoms with E-state index in [1.807, 2.05) is 24.3 Å². The maximum Gasteiger partial charge on any atom is 0.145 e. The van der Waals surface area contributed by atoms with E-state index in [-0.39, 0.29) is 12.1 Å². The predicted octanol–water partition coefficient (Wildman–Crippen LogP) is 2.91. The minimum absolute atomic E-state index is 0.161. The normalized spacial score (nSPS) is 12.3. The molecule has 0 bridgehead atoms. The van der Waals surface area contributed by atoms with Crippen LogP contribution in [0.15, 0.2) is 54.7 Å². The summed E-state index contributed by atoms with van der Waals surface area (Å²) in [6.45, 7) is 0.161. The van der Waals surface area contributed by atoms with Crippen LogP contribution in [-0.4, -0.2) is 21.6 Å². The molecule has 0 spiro atoms. The summed E-state index contributed by atoms with van der Waals surface area (Å²) in [7, 11) is 0. The molecule has 0 saturated carbocycles. The van der Waals surface area contributed by atoms with E-state index >= 15 is 0 Å². The molecule has 0 fully saturated rings.